The molecular weight excluding hydrogens is 623 g/mol. The van der Waals surface area contributed by atoms with Gasteiger partial charge in [0.1, 0.15) is 0 Å². The van der Waals surface area contributed by atoms with Crippen LogP contribution in [-0.4, -0.2) is 47.8 Å². The molecule has 3 unspecified atom stereocenters. The number of hydrogen-bond acceptors (Lipinski definition) is 6. The third kappa shape index (κ3) is 32.5. The van der Waals surface area contributed by atoms with Crippen LogP contribution < -0.4 is 11.1 Å². The fourth-order valence-electron chi connectivity index (χ4n) is 4.70. The van der Waals surface area contributed by atoms with E-state index < -0.39 is 20.0 Å². The van der Waals surface area contributed by atoms with Gasteiger partial charge in [-0.15, -0.1) is 0 Å². The van der Waals surface area contributed by atoms with Crippen LogP contribution in [-0.2, 0) is 18.4 Å². The van der Waals surface area contributed by atoms with E-state index in [1.807, 2.05) is 6.08 Å². The Morgan fingerprint density at radius 2 is 1.23 bits per heavy atom. The molecular formula is C39H69N2O6P. The van der Waals surface area contributed by atoms with Gasteiger partial charge in [-0.2, -0.15) is 0 Å². The topological polar surface area (TPSA) is 131 Å². The lowest BCUT2D eigenvalue weighted by Gasteiger charge is -2.23. The molecule has 9 heteroatoms. The van der Waals surface area contributed by atoms with Crippen molar-refractivity contribution < 1.29 is 28.4 Å². The van der Waals surface area contributed by atoms with Gasteiger partial charge in [-0.1, -0.05) is 125 Å². The van der Waals surface area contributed by atoms with Crippen molar-refractivity contribution in [3.8, 4) is 0 Å². The summed E-state index contributed by atoms with van der Waals surface area (Å²) in [7, 11) is -4.36. The molecule has 8 nitrogen and oxygen atoms in total. The van der Waals surface area contributed by atoms with Gasteiger partial charge in [0.05, 0.1) is 25.4 Å². The second kappa shape index (κ2) is 34.8. The molecule has 1 amide bonds. The Bertz CT molecular complexity index is 976. The minimum atomic E-state index is -4.36. The Morgan fingerprint density at radius 1 is 0.708 bits per heavy atom. The quantitative estimate of drug-likeness (QED) is 0.0306. The lowest BCUT2D eigenvalue weighted by molar-refractivity contribution is -0.123. The van der Waals surface area contributed by atoms with Crippen molar-refractivity contribution in [3.05, 3.63) is 72.9 Å². The fourth-order valence-corrected chi connectivity index (χ4v) is 5.46. The average molecular weight is 693 g/mol. The highest BCUT2D eigenvalue weighted by atomic mass is 31.2. The molecule has 0 aromatic rings. The Morgan fingerprint density at radius 3 is 1.85 bits per heavy atom. The summed E-state index contributed by atoms with van der Waals surface area (Å²) in [6.45, 7) is 3.92. The average Bonchev–Trinajstić information content (AvgIpc) is 3.07. The van der Waals surface area contributed by atoms with E-state index >= 15 is 0 Å². The summed E-state index contributed by atoms with van der Waals surface area (Å²) < 4.78 is 22.0. The number of phosphoric acid groups is 1. The van der Waals surface area contributed by atoms with Gasteiger partial charge in [-0.05, 0) is 77.0 Å². The maximum absolute atomic E-state index is 12.7. The van der Waals surface area contributed by atoms with Crippen LogP contribution in [0.25, 0.3) is 0 Å². The summed E-state index contributed by atoms with van der Waals surface area (Å²) in [6, 6.07) is -0.900. The lowest BCUT2D eigenvalue weighted by Crippen LogP contribution is -2.45. The number of aliphatic hydroxyl groups excluding tert-OH is 1. The highest BCUT2D eigenvalue weighted by molar-refractivity contribution is 7.47. The van der Waals surface area contributed by atoms with Crippen LogP contribution in [0.4, 0.5) is 0 Å². The van der Waals surface area contributed by atoms with Crippen LogP contribution in [0.2, 0.25) is 0 Å². The molecule has 0 saturated carbocycles. The van der Waals surface area contributed by atoms with Gasteiger partial charge < -0.3 is 21.1 Å². The number of carbonyl (C=O) groups excluding carboxylic acids is 1. The number of phosphoric ester groups is 1. The highest BCUT2D eigenvalue weighted by Crippen LogP contribution is 2.43. The van der Waals surface area contributed by atoms with Gasteiger partial charge in [0.2, 0.25) is 5.91 Å². The number of unbranched alkanes of at least 4 members (excludes halogenated alkanes) is 11. The maximum Gasteiger partial charge on any atom is 0.472 e. The van der Waals surface area contributed by atoms with Crippen LogP contribution >= 0.6 is 7.82 Å². The minimum Gasteiger partial charge on any atom is -0.387 e. The number of nitrogens with one attached hydrogen (secondary N) is 1. The zero-order valence-corrected chi connectivity index (χ0v) is 31.1. The van der Waals surface area contributed by atoms with Crippen molar-refractivity contribution in [3.63, 3.8) is 0 Å². The van der Waals surface area contributed by atoms with E-state index in [2.05, 4.69) is 79.9 Å². The summed E-state index contributed by atoms with van der Waals surface area (Å²) in [5, 5.41) is 13.5. The van der Waals surface area contributed by atoms with Gasteiger partial charge in [0, 0.05) is 13.0 Å². The van der Waals surface area contributed by atoms with Crippen molar-refractivity contribution in [2.75, 3.05) is 19.8 Å². The molecule has 0 rings (SSSR count). The van der Waals surface area contributed by atoms with E-state index in [0.29, 0.717) is 12.8 Å². The predicted molar refractivity (Wildman–Crippen MR) is 203 cm³/mol. The van der Waals surface area contributed by atoms with E-state index in [0.717, 1.165) is 64.2 Å². The molecule has 0 aliphatic rings. The largest absolute Gasteiger partial charge is 0.472 e. The van der Waals surface area contributed by atoms with Gasteiger partial charge in [-0.25, -0.2) is 4.57 Å². The Hall–Kier alpha value is -2.06. The van der Waals surface area contributed by atoms with Crippen LogP contribution in [0.5, 0.6) is 0 Å². The molecule has 0 aromatic carbocycles. The number of amides is 1. The molecule has 0 aromatic heterocycles. The van der Waals surface area contributed by atoms with Crippen LogP contribution in [0.1, 0.15) is 136 Å². The van der Waals surface area contributed by atoms with E-state index in [1.54, 1.807) is 6.08 Å². The third-order valence-electron chi connectivity index (χ3n) is 7.49. The van der Waals surface area contributed by atoms with Crippen molar-refractivity contribution in [2.45, 2.75) is 148 Å². The summed E-state index contributed by atoms with van der Waals surface area (Å²) >= 11 is 0. The molecule has 5 N–H and O–H groups in total. The molecule has 0 aliphatic carbocycles. The first-order valence-corrected chi connectivity index (χ1v) is 20.1. The first kappa shape index (κ1) is 45.9. The smallest absolute Gasteiger partial charge is 0.387 e. The summed E-state index contributed by atoms with van der Waals surface area (Å²) in [4.78, 5) is 22.5. The van der Waals surface area contributed by atoms with Gasteiger partial charge in [0.25, 0.3) is 0 Å². The lowest BCUT2D eigenvalue weighted by atomic mass is 10.1. The van der Waals surface area contributed by atoms with E-state index in [1.165, 1.54) is 44.9 Å². The number of nitrogens with two attached hydrogens (primary N) is 1. The molecule has 0 radical (unpaired) electrons. The van der Waals surface area contributed by atoms with E-state index in [4.69, 9.17) is 14.8 Å². The van der Waals surface area contributed by atoms with Crippen LogP contribution in [0, 0.1) is 0 Å². The minimum absolute atomic E-state index is 0.0631. The highest BCUT2D eigenvalue weighted by Gasteiger charge is 2.26. The standard InChI is InChI=1S/C39H69N2O6P/c1-3-5-7-9-11-13-15-17-18-19-21-22-24-26-28-30-32-38(42)37(36-47-48(44,45)46-35-34-40)41-39(43)33-31-29-27-25-23-20-16-14-12-10-8-6-4-2/h6,8,12,14,17-18,20,22-24,30,32,37-38,42H,3-5,7,9-11,13,15-16,19,21,25-29,31,33-36,40H2,1-2H3,(H,41,43)(H,44,45)/b8-6-,14-12-,18-17+,23-20-,24-22+,32-30+. The van der Waals surface area contributed by atoms with Gasteiger partial charge >= 0.3 is 7.82 Å². The summed E-state index contributed by atoms with van der Waals surface area (Å²) in [5.74, 6) is -0.242. The number of rotatable bonds is 33. The number of aliphatic hydroxyl groups is 1. The molecule has 0 fully saturated rings. The zero-order chi connectivity index (χ0) is 35.4. The van der Waals surface area contributed by atoms with Crippen LogP contribution in [0.15, 0.2) is 72.9 Å². The molecule has 276 valence electrons. The molecule has 48 heavy (non-hydrogen) atoms. The van der Waals surface area contributed by atoms with Gasteiger partial charge in [-0.3, -0.25) is 13.8 Å². The fraction of sp³-hybridized carbons (Fsp3) is 0.667. The summed E-state index contributed by atoms with van der Waals surface area (Å²) in [5.41, 5.74) is 5.34. The third-order valence-corrected chi connectivity index (χ3v) is 8.48. The first-order valence-electron chi connectivity index (χ1n) is 18.6. The monoisotopic (exact) mass is 692 g/mol. The molecule has 0 spiro atoms. The molecule has 0 heterocycles. The summed E-state index contributed by atoms with van der Waals surface area (Å²) in [6.07, 6.45) is 43.8. The maximum atomic E-state index is 12.7. The Labute approximate surface area is 293 Å². The SMILES string of the molecule is CC/C=C\C/C=C\C/C=C\CCCCCC(=O)NC(COP(=O)(O)OCCN)C(O)/C=C/CC/C=C/CC/C=C/CCCCCCCC. The normalized spacial score (nSPS) is 15.2. The Balaban J connectivity index is 4.49. The van der Waals surface area contributed by atoms with Crippen molar-refractivity contribution in [1.82, 2.24) is 5.32 Å². The zero-order valence-electron chi connectivity index (χ0n) is 30.2. The van der Waals surface area contributed by atoms with Gasteiger partial charge in [0.15, 0.2) is 0 Å². The second-order valence-corrected chi connectivity index (χ2v) is 13.5. The number of allylic oxidation sites excluding steroid dienone is 11. The van der Waals surface area contributed by atoms with Crippen molar-refractivity contribution in [1.29, 1.82) is 0 Å². The van der Waals surface area contributed by atoms with Crippen molar-refractivity contribution in [2.24, 2.45) is 5.73 Å². The van der Waals surface area contributed by atoms with E-state index in [-0.39, 0.29) is 25.7 Å². The molecule has 0 aliphatic heterocycles. The van der Waals surface area contributed by atoms with Crippen molar-refractivity contribution >= 4 is 13.7 Å². The molecule has 0 saturated heterocycles. The first-order chi connectivity index (χ1) is 23.4. The van der Waals surface area contributed by atoms with E-state index in [9.17, 15) is 19.4 Å². The molecule has 3 atom stereocenters. The Kier molecular flexibility index (Phi) is 33.3. The number of carbonyl (C=O) groups is 1. The predicted octanol–water partition coefficient (Wildman–Crippen LogP) is 9.71. The molecule has 0 bridgehead atoms. The van der Waals surface area contributed by atoms with Crippen LogP contribution in [0.3, 0.4) is 0 Å². The number of hydrogen-bond donors (Lipinski definition) is 4. The second-order valence-electron chi connectivity index (χ2n) is 12.0.